The Balaban J connectivity index is 1.82. The quantitative estimate of drug-likeness (QED) is 0.581. The Hall–Kier alpha value is -1.61. The van der Waals surface area contributed by atoms with E-state index in [0.29, 0.717) is 18.7 Å². The van der Waals surface area contributed by atoms with Crippen LogP contribution in [0.1, 0.15) is 6.42 Å². The van der Waals surface area contributed by atoms with Crippen LogP contribution >= 0.6 is 15.9 Å². The van der Waals surface area contributed by atoms with Crippen molar-refractivity contribution in [2.24, 2.45) is 5.92 Å². The predicted molar refractivity (Wildman–Crippen MR) is 84.5 cm³/mol. The van der Waals surface area contributed by atoms with Crippen LogP contribution in [0.3, 0.4) is 0 Å². The molecular weight excluding hydrogens is 393 g/mol. The third-order valence-corrected chi connectivity index (χ3v) is 4.15. The molecule has 1 aromatic carbocycles. The van der Waals surface area contributed by atoms with E-state index in [2.05, 4.69) is 26.0 Å². The standard InChI is InChI=1S/C15H16BrF3N2O3/c16-11-3-1-2-4-12(11)21-7-5-10(14(21)23)13(22)20-6-8-24-9-15(17,18)19/h1-4,10H,5-9H2,(H,20,22). The summed E-state index contributed by atoms with van der Waals surface area (Å²) in [6, 6.07) is 7.18. The lowest BCUT2D eigenvalue weighted by Gasteiger charge is -2.18. The Morgan fingerprint density at radius 3 is 2.75 bits per heavy atom. The van der Waals surface area contributed by atoms with Gasteiger partial charge in [0.1, 0.15) is 12.5 Å². The zero-order chi connectivity index (χ0) is 17.7. The van der Waals surface area contributed by atoms with E-state index in [9.17, 15) is 22.8 Å². The molecule has 1 unspecified atom stereocenters. The molecule has 9 heteroatoms. The number of amides is 2. The summed E-state index contributed by atoms with van der Waals surface area (Å²) in [5.41, 5.74) is 0.686. The van der Waals surface area contributed by atoms with Crippen molar-refractivity contribution in [2.45, 2.75) is 12.6 Å². The van der Waals surface area contributed by atoms with Crippen molar-refractivity contribution in [1.29, 1.82) is 0 Å². The molecule has 1 aromatic rings. The molecule has 2 amide bonds. The number of benzene rings is 1. The number of nitrogens with zero attached hydrogens (tertiary/aromatic N) is 1. The normalized spacial score (nSPS) is 18.1. The van der Waals surface area contributed by atoms with Crippen LogP contribution in [-0.2, 0) is 14.3 Å². The minimum absolute atomic E-state index is 0.0757. The molecule has 1 fully saturated rings. The first kappa shape index (κ1) is 18.7. The molecule has 5 nitrogen and oxygen atoms in total. The van der Waals surface area contributed by atoms with E-state index >= 15 is 0 Å². The second-order valence-electron chi connectivity index (χ2n) is 5.24. The van der Waals surface area contributed by atoms with Crippen molar-refractivity contribution >= 4 is 33.4 Å². The van der Waals surface area contributed by atoms with Crippen molar-refractivity contribution in [1.82, 2.24) is 5.32 Å². The van der Waals surface area contributed by atoms with E-state index in [1.165, 1.54) is 4.90 Å². The molecule has 0 radical (unpaired) electrons. The molecule has 1 atom stereocenters. The minimum Gasteiger partial charge on any atom is -0.370 e. The lowest BCUT2D eigenvalue weighted by molar-refractivity contribution is -0.173. The highest BCUT2D eigenvalue weighted by atomic mass is 79.9. The molecule has 1 aliphatic rings. The molecule has 24 heavy (non-hydrogen) atoms. The summed E-state index contributed by atoms with van der Waals surface area (Å²) in [4.78, 5) is 25.9. The molecule has 132 valence electrons. The second-order valence-corrected chi connectivity index (χ2v) is 6.10. The number of para-hydroxylation sites is 1. The van der Waals surface area contributed by atoms with Crippen molar-refractivity contribution in [3.8, 4) is 0 Å². The van der Waals surface area contributed by atoms with Crippen LogP contribution in [0.25, 0.3) is 0 Å². The molecule has 0 spiro atoms. The van der Waals surface area contributed by atoms with Crippen LogP contribution in [0, 0.1) is 5.92 Å². The van der Waals surface area contributed by atoms with Gasteiger partial charge in [0.25, 0.3) is 0 Å². The number of carbonyl (C=O) groups excluding carboxylic acids is 2. The molecular formula is C15H16BrF3N2O3. The zero-order valence-electron chi connectivity index (χ0n) is 12.6. The first-order valence-electron chi connectivity index (χ1n) is 7.28. The molecule has 1 heterocycles. The van der Waals surface area contributed by atoms with E-state index < -0.39 is 24.6 Å². The highest BCUT2D eigenvalue weighted by Gasteiger charge is 2.38. The Labute approximate surface area is 145 Å². The first-order valence-corrected chi connectivity index (χ1v) is 8.07. The van der Waals surface area contributed by atoms with Crippen molar-refractivity contribution < 1.29 is 27.5 Å². The van der Waals surface area contributed by atoms with Gasteiger partial charge in [-0.3, -0.25) is 9.59 Å². The zero-order valence-corrected chi connectivity index (χ0v) is 14.2. The van der Waals surface area contributed by atoms with E-state index in [4.69, 9.17) is 0 Å². The fraction of sp³-hybridized carbons (Fsp3) is 0.467. The van der Waals surface area contributed by atoms with Crippen LogP contribution in [-0.4, -0.2) is 44.3 Å². The van der Waals surface area contributed by atoms with Gasteiger partial charge in [-0.25, -0.2) is 0 Å². The average molecular weight is 409 g/mol. The summed E-state index contributed by atoms with van der Waals surface area (Å²) in [5.74, 6) is -1.65. The van der Waals surface area contributed by atoms with E-state index in [0.717, 1.165) is 4.47 Å². The van der Waals surface area contributed by atoms with E-state index in [1.807, 2.05) is 6.07 Å². The van der Waals surface area contributed by atoms with Crippen LogP contribution < -0.4 is 10.2 Å². The van der Waals surface area contributed by atoms with Crippen molar-refractivity contribution in [2.75, 3.05) is 31.2 Å². The fourth-order valence-corrected chi connectivity index (χ4v) is 2.89. The molecule has 0 saturated carbocycles. The Morgan fingerprint density at radius 2 is 2.08 bits per heavy atom. The third-order valence-electron chi connectivity index (χ3n) is 3.48. The van der Waals surface area contributed by atoms with Crippen LogP contribution in [0.5, 0.6) is 0 Å². The van der Waals surface area contributed by atoms with Gasteiger partial charge in [0.05, 0.1) is 12.3 Å². The van der Waals surface area contributed by atoms with Crippen molar-refractivity contribution in [3.05, 3.63) is 28.7 Å². The Bertz CT molecular complexity index is 610. The van der Waals surface area contributed by atoms with Gasteiger partial charge < -0.3 is 15.0 Å². The topological polar surface area (TPSA) is 58.6 Å². The van der Waals surface area contributed by atoms with Gasteiger partial charge in [0.2, 0.25) is 11.8 Å². The number of carbonyl (C=O) groups is 2. The average Bonchev–Trinajstić information content (AvgIpc) is 2.88. The van der Waals surface area contributed by atoms with Gasteiger partial charge in [-0.05, 0) is 34.5 Å². The molecule has 0 aliphatic carbocycles. The first-order chi connectivity index (χ1) is 11.3. The summed E-state index contributed by atoms with van der Waals surface area (Å²) in [6.07, 6.45) is -4.04. The number of nitrogens with one attached hydrogen (secondary N) is 1. The highest BCUT2D eigenvalue weighted by molar-refractivity contribution is 9.10. The van der Waals surface area contributed by atoms with E-state index in [1.54, 1.807) is 18.2 Å². The SMILES string of the molecule is O=C(NCCOCC(F)(F)F)C1CCN(c2ccccc2Br)C1=O. The number of rotatable bonds is 6. The summed E-state index contributed by atoms with van der Waals surface area (Å²) >= 11 is 3.36. The summed E-state index contributed by atoms with van der Waals surface area (Å²) < 4.78 is 40.9. The predicted octanol–water partition coefficient (Wildman–Crippen LogP) is 2.50. The van der Waals surface area contributed by atoms with Crippen LogP contribution in [0.15, 0.2) is 28.7 Å². The van der Waals surface area contributed by atoms with Gasteiger partial charge in [0.15, 0.2) is 0 Å². The van der Waals surface area contributed by atoms with Crippen LogP contribution in [0.2, 0.25) is 0 Å². The number of anilines is 1. The van der Waals surface area contributed by atoms with Gasteiger partial charge in [0, 0.05) is 17.6 Å². The van der Waals surface area contributed by atoms with Gasteiger partial charge >= 0.3 is 6.18 Å². The molecule has 2 rings (SSSR count). The molecule has 1 saturated heterocycles. The number of hydrogen-bond donors (Lipinski definition) is 1. The van der Waals surface area contributed by atoms with Crippen LogP contribution in [0.4, 0.5) is 18.9 Å². The molecule has 0 bridgehead atoms. The number of halogens is 4. The van der Waals surface area contributed by atoms with Gasteiger partial charge in [-0.2, -0.15) is 13.2 Å². The molecule has 1 aliphatic heterocycles. The number of alkyl halides is 3. The second kappa shape index (κ2) is 7.98. The van der Waals surface area contributed by atoms with Gasteiger partial charge in [-0.1, -0.05) is 12.1 Å². The van der Waals surface area contributed by atoms with E-state index in [-0.39, 0.29) is 19.1 Å². The molecule has 1 N–H and O–H groups in total. The third kappa shape index (κ3) is 4.94. The van der Waals surface area contributed by atoms with Crippen molar-refractivity contribution in [3.63, 3.8) is 0 Å². The highest BCUT2D eigenvalue weighted by Crippen LogP contribution is 2.31. The Morgan fingerprint density at radius 1 is 1.38 bits per heavy atom. The fourth-order valence-electron chi connectivity index (χ4n) is 2.39. The minimum atomic E-state index is -4.39. The largest absolute Gasteiger partial charge is 0.411 e. The summed E-state index contributed by atoms with van der Waals surface area (Å²) in [6.45, 7) is -1.29. The molecule has 0 aromatic heterocycles. The summed E-state index contributed by atoms with van der Waals surface area (Å²) in [7, 11) is 0. The maximum atomic E-state index is 12.4. The number of ether oxygens (including phenoxy) is 1. The Kier molecular flexibility index (Phi) is 6.22. The lowest BCUT2D eigenvalue weighted by atomic mass is 10.1. The number of hydrogen-bond acceptors (Lipinski definition) is 3. The smallest absolute Gasteiger partial charge is 0.370 e. The van der Waals surface area contributed by atoms with Gasteiger partial charge in [-0.15, -0.1) is 0 Å². The lowest BCUT2D eigenvalue weighted by Crippen LogP contribution is -2.38. The maximum Gasteiger partial charge on any atom is 0.411 e. The summed E-state index contributed by atoms with van der Waals surface area (Å²) in [5, 5.41) is 2.44. The monoisotopic (exact) mass is 408 g/mol. The maximum absolute atomic E-state index is 12.4.